The summed E-state index contributed by atoms with van der Waals surface area (Å²) >= 11 is 6.03. The highest BCUT2D eigenvalue weighted by Crippen LogP contribution is 2.11. The van der Waals surface area contributed by atoms with Crippen molar-refractivity contribution in [1.82, 2.24) is 14.9 Å². The van der Waals surface area contributed by atoms with Crippen LogP contribution < -0.4 is 5.32 Å². The predicted octanol–water partition coefficient (Wildman–Crippen LogP) is 1.10. The van der Waals surface area contributed by atoms with Crippen molar-refractivity contribution in [3.8, 4) is 0 Å². The summed E-state index contributed by atoms with van der Waals surface area (Å²) in [5, 5.41) is 3.40. The second-order valence-electron chi connectivity index (χ2n) is 3.60. The van der Waals surface area contributed by atoms with Crippen molar-refractivity contribution in [1.29, 1.82) is 0 Å². The van der Waals surface area contributed by atoms with E-state index in [1.54, 1.807) is 0 Å². The Morgan fingerprint density at radius 2 is 2.57 bits per heavy atom. The smallest absolute Gasteiger partial charge is 0.112 e. The highest BCUT2D eigenvalue weighted by molar-refractivity contribution is 6.22. The Balaban J connectivity index is 2.07. The molecule has 0 saturated heterocycles. The quantitative estimate of drug-likeness (QED) is 0.587. The fraction of sp³-hybridized carbons (Fsp3) is 0.500. The highest BCUT2D eigenvalue weighted by atomic mass is 35.5. The van der Waals surface area contributed by atoms with E-state index in [2.05, 4.69) is 16.4 Å². The minimum atomic E-state index is 0.124. The average molecular weight is 212 g/mol. The molecule has 0 fully saturated rings. The Labute approximate surface area is 88.8 Å². The first kappa shape index (κ1) is 9.74. The van der Waals surface area contributed by atoms with Crippen molar-refractivity contribution in [3.63, 3.8) is 0 Å². The Morgan fingerprint density at radius 1 is 1.71 bits per heavy atom. The minimum Gasteiger partial charge on any atom is -0.338 e. The molecule has 14 heavy (non-hydrogen) atoms. The summed E-state index contributed by atoms with van der Waals surface area (Å²) in [6, 6.07) is 0. The zero-order chi connectivity index (χ0) is 9.97. The number of rotatable bonds is 2. The molecule has 1 aromatic heterocycles. The van der Waals surface area contributed by atoms with Gasteiger partial charge >= 0.3 is 0 Å². The van der Waals surface area contributed by atoms with Crippen molar-refractivity contribution in [2.45, 2.75) is 11.8 Å². The number of alkyl halides is 1. The zero-order valence-electron chi connectivity index (χ0n) is 8.20. The van der Waals surface area contributed by atoms with E-state index in [1.165, 1.54) is 5.57 Å². The van der Waals surface area contributed by atoms with E-state index < -0.39 is 0 Å². The van der Waals surface area contributed by atoms with Crippen LogP contribution in [0.3, 0.4) is 0 Å². The van der Waals surface area contributed by atoms with Crippen molar-refractivity contribution in [2.75, 3.05) is 13.1 Å². The molecule has 0 aromatic carbocycles. The summed E-state index contributed by atoms with van der Waals surface area (Å²) < 4.78 is 2.04. The van der Waals surface area contributed by atoms with Crippen LogP contribution in [0.25, 0.3) is 0 Å². The lowest BCUT2D eigenvalue weighted by Crippen LogP contribution is -2.30. The predicted molar refractivity (Wildman–Crippen MR) is 57.5 cm³/mol. The lowest BCUT2D eigenvalue weighted by atomic mass is 10.1. The topological polar surface area (TPSA) is 29.9 Å². The average Bonchev–Trinajstić information content (AvgIpc) is 2.52. The van der Waals surface area contributed by atoms with Gasteiger partial charge in [0.25, 0.3) is 0 Å². The van der Waals surface area contributed by atoms with Crippen LogP contribution in [0.5, 0.6) is 0 Å². The summed E-state index contributed by atoms with van der Waals surface area (Å²) in [6.07, 6.45) is 6.81. The Morgan fingerprint density at radius 3 is 3.21 bits per heavy atom. The van der Waals surface area contributed by atoms with Gasteiger partial charge < -0.3 is 9.88 Å². The highest BCUT2D eigenvalue weighted by Gasteiger charge is 2.11. The van der Waals surface area contributed by atoms with E-state index in [1.807, 2.05) is 24.0 Å². The number of nitrogens with one attached hydrogen (secondary N) is 1. The Kier molecular flexibility index (Phi) is 2.89. The summed E-state index contributed by atoms with van der Waals surface area (Å²) in [6.45, 7) is 1.79. The van der Waals surface area contributed by atoms with Gasteiger partial charge in [0.15, 0.2) is 0 Å². The lowest BCUT2D eigenvalue weighted by Gasteiger charge is -2.17. The van der Waals surface area contributed by atoms with Crippen molar-refractivity contribution < 1.29 is 0 Å². The third-order valence-electron chi connectivity index (χ3n) is 2.41. The molecule has 2 heterocycles. The van der Waals surface area contributed by atoms with E-state index >= 15 is 0 Å². The molecule has 1 aliphatic heterocycles. The molecule has 0 spiro atoms. The first-order valence-corrected chi connectivity index (χ1v) is 5.20. The maximum atomic E-state index is 6.03. The molecule has 4 heteroatoms. The number of halogens is 1. The van der Waals surface area contributed by atoms with Crippen LogP contribution in [0.1, 0.15) is 5.82 Å². The van der Waals surface area contributed by atoms with Gasteiger partial charge in [-0.05, 0) is 0 Å². The summed E-state index contributed by atoms with van der Waals surface area (Å²) in [5.41, 5.74) is 1.32. The van der Waals surface area contributed by atoms with E-state index in [0.29, 0.717) is 0 Å². The molecule has 2 rings (SSSR count). The van der Waals surface area contributed by atoms with Gasteiger partial charge in [0.1, 0.15) is 5.82 Å². The molecule has 0 bridgehead atoms. The lowest BCUT2D eigenvalue weighted by molar-refractivity contribution is 0.682. The number of aryl methyl sites for hydroxylation is 1. The third-order valence-corrected chi connectivity index (χ3v) is 2.69. The van der Waals surface area contributed by atoms with E-state index in [9.17, 15) is 0 Å². The van der Waals surface area contributed by atoms with Crippen LogP contribution in [0.4, 0.5) is 0 Å². The second kappa shape index (κ2) is 4.15. The van der Waals surface area contributed by atoms with Gasteiger partial charge in [0.05, 0.1) is 5.38 Å². The van der Waals surface area contributed by atoms with Crippen LogP contribution >= 0.6 is 11.6 Å². The molecular formula is C10H14ClN3. The molecule has 0 aliphatic carbocycles. The van der Waals surface area contributed by atoms with Gasteiger partial charge in [-0.2, -0.15) is 0 Å². The van der Waals surface area contributed by atoms with E-state index in [4.69, 9.17) is 11.6 Å². The van der Waals surface area contributed by atoms with Gasteiger partial charge in [-0.3, -0.25) is 0 Å². The van der Waals surface area contributed by atoms with Crippen LogP contribution in [0.15, 0.2) is 24.0 Å². The molecule has 3 nitrogen and oxygen atoms in total. The third kappa shape index (κ3) is 2.16. The standard InChI is InChI=1S/C10H14ClN3/c1-14-3-2-13-10(14)5-8-4-9(11)7-12-6-8/h2-4,9,12H,5-7H2,1H3. The van der Waals surface area contributed by atoms with Crippen LogP contribution in [-0.2, 0) is 13.5 Å². The SMILES string of the molecule is Cn1ccnc1CC1=CC(Cl)CNC1. The molecule has 1 unspecified atom stereocenters. The normalized spacial score (nSPS) is 22.1. The Hall–Kier alpha value is -0.800. The molecule has 0 amide bonds. The molecular weight excluding hydrogens is 198 g/mol. The van der Waals surface area contributed by atoms with Gasteiger partial charge in [-0.15, -0.1) is 11.6 Å². The number of imidazole rings is 1. The molecule has 0 radical (unpaired) electrons. The van der Waals surface area contributed by atoms with Gasteiger partial charge in [0.2, 0.25) is 0 Å². The second-order valence-corrected chi connectivity index (χ2v) is 4.16. The molecule has 0 saturated carbocycles. The van der Waals surface area contributed by atoms with E-state index in [-0.39, 0.29) is 5.38 Å². The molecule has 1 N–H and O–H groups in total. The fourth-order valence-electron chi connectivity index (χ4n) is 1.64. The van der Waals surface area contributed by atoms with Crippen molar-refractivity contribution in [3.05, 3.63) is 29.9 Å². The summed E-state index contributed by atoms with van der Waals surface area (Å²) in [7, 11) is 2.01. The maximum Gasteiger partial charge on any atom is 0.112 e. The molecule has 1 aliphatic rings. The van der Waals surface area contributed by atoms with Crippen LogP contribution in [0.2, 0.25) is 0 Å². The van der Waals surface area contributed by atoms with Gasteiger partial charge in [0, 0.05) is 39.0 Å². The number of aromatic nitrogens is 2. The zero-order valence-corrected chi connectivity index (χ0v) is 8.96. The first-order chi connectivity index (χ1) is 6.75. The fourth-order valence-corrected chi connectivity index (χ4v) is 1.92. The monoisotopic (exact) mass is 211 g/mol. The van der Waals surface area contributed by atoms with Crippen LogP contribution in [-0.4, -0.2) is 28.0 Å². The number of hydrogen-bond donors (Lipinski definition) is 1. The first-order valence-electron chi connectivity index (χ1n) is 4.76. The largest absolute Gasteiger partial charge is 0.338 e. The van der Waals surface area contributed by atoms with Gasteiger partial charge in [-0.25, -0.2) is 4.98 Å². The minimum absolute atomic E-state index is 0.124. The number of nitrogens with zero attached hydrogens (tertiary/aromatic N) is 2. The molecule has 1 aromatic rings. The number of hydrogen-bond acceptors (Lipinski definition) is 2. The van der Waals surface area contributed by atoms with Crippen molar-refractivity contribution >= 4 is 11.6 Å². The summed E-state index contributed by atoms with van der Waals surface area (Å²) in [5.74, 6) is 1.09. The maximum absolute atomic E-state index is 6.03. The molecule has 76 valence electrons. The van der Waals surface area contributed by atoms with Crippen molar-refractivity contribution in [2.24, 2.45) is 7.05 Å². The van der Waals surface area contributed by atoms with Crippen LogP contribution in [0, 0.1) is 0 Å². The molecule has 1 atom stereocenters. The van der Waals surface area contributed by atoms with E-state index in [0.717, 1.165) is 25.3 Å². The summed E-state index contributed by atoms with van der Waals surface area (Å²) in [4.78, 5) is 4.29. The Bertz CT molecular complexity index is 343. The van der Waals surface area contributed by atoms with Gasteiger partial charge in [-0.1, -0.05) is 11.6 Å².